The van der Waals surface area contributed by atoms with Crippen LogP contribution in [0.3, 0.4) is 0 Å². The van der Waals surface area contributed by atoms with Gasteiger partial charge in [-0.05, 0) is 4.48 Å². The summed E-state index contributed by atoms with van der Waals surface area (Å²) in [6, 6.07) is -0.746. The third-order valence-electron chi connectivity index (χ3n) is 1.38. The molecule has 0 aliphatic rings. The lowest BCUT2D eigenvalue weighted by atomic mass is 10.2. The van der Waals surface area contributed by atoms with Crippen molar-refractivity contribution in [3.8, 4) is 0 Å². The maximum absolute atomic E-state index is 11.1. The predicted molar refractivity (Wildman–Crippen MR) is 55.7 cm³/mol. The predicted octanol–water partition coefficient (Wildman–Crippen LogP) is -0.0984. The fraction of sp³-hybridized carbons (Fsp3) is 0.500. The average Bonchev–Trinajstić information content (AvgIpc) is 2.02. The van der Waals surface area contributed by atoms with Crippen LogP contribution in [0.5, 0.6) is 0 Å². The molecule has 0 rings (SSSR count). The van der Waals surface area contributed by atoms with Crippen molar-refractivity contribution < 1.29 is 14.3 Å². The van der Waals surface area contributed by atoms with E-state index in [1.54, 1.807) is 0 Å². The molecule has 0 aromatic heterocycles. The first-order valence-electron chi connectivity index (χ1n) is 3.88. The molecule has 0 bridgehead atoms. The van der Waals surface area contributed by atoms with Crippen LogP contribution in [0.2, 0.25) is 0 Å². The molecule has 0 unspecified atom stereocenters. The Hall–Kier alpha value is -0.880. The molecule has 0 aliphatic carbocycles. The van der Waals surface area contributed by atoms with Gasteiger partial charge in [0, 0.05) is 13.5 Å². The highest BCUT2D eigenvalue weighted by Gasteiger charge is 2.17. The first-order chi connectivity index (χ1) is 6.47. The van der Waals surface area contributed by atoms with E-state index in [2.05, 4.69) is 32.6 Å². The number of amides is 2. The van der Waals surface area contributed by atoms with E-state index >= 15 is 0 Å². The second kappa shape index (κ2) is 6.56. The summed E-state index contributed by atoms with van der Waals surface area (Å²) in [6.45, 7) is 3.46. The van der Waals surface area contributed by atoms with Crippen LogP contribution in [0.1, 0.15) is 6.42 Å². The van der Waals surface area contributed by atoms with E-state index in [-0.39, 0.29) is 18.9 Å². The molecule has 0 saturated heterocycles. The zero-order valence-corrected chi connectivity index (χ0v) is 9.46. The van der Waals surface area contributed by atoms with Gasteiger partial charge in [0.1, 0.15) is 12.6 Å². The number of nitrogens with two attached hydrogens (primary N) is 1. The lowest BCUT2D eigenvalue weighted by Crippen LogP contribution is -2.45. The quantitative estimate of drug-likeness (QED) is 0.703. The smallest absolute Gasteiger partial charge is 0.246 e. The molecule has 0 aromatic carbocycles. The van der Waals surface area contributed by atoms with Gasteiger partial charge in [0.25, 0.3) is 0 Å². The highest BCUT2D eigenvalue weighted by Crippen LogP contribution is 2.09. The van der Waals surface area contributed by atoms with Gasteiger partial charge in [-0.25, -0.2) is 0 Å². The summed E-state index contributed by atoms with van der Waals surface area (Å²) in [5.41, 5.74) is 5.07. The summed E-state index contributed by atoms with van der Waals surface area (Å²) in [5.74, 6) is -0.986. The van der Waals surface area contributed by atoms with Gasteiger partial charge in [0.05, 0.1) is 0 Å². The number of methoxy groups -OCH3 is 1. The second-order valence-corrected chi connectivity index (χ2v) is 3.80. The molecular formula is C8H13BrN2O3. The van der Waals surface area contributed by atoms with Crippen LogP contribution in [0.4, 0.5) is 0 Å². The van der Waals surface area contributed by atoms with E-state index in [0.29, 0.717) is 4.48 Å². The molecule has 5 nitrogen and oxygen atoms in total. The first kappa shape index (κ1) is 13.1. The largest absolute Gasteiger partial charge is 0.375 e. The summed E-state index contributed by atoms with van der Waals surface area (Å²) in [7, 11) is 1.39. The van der Waals surface area contributed by atoms with Crippen LogP contribution in [0, 0.1) is 0 Å². The van der Waals surface area contributed by atoms with Gasteiger partial charge < -0.3 is 15.8 Å². The normalized spacial score (nSPS) is 11.9. The van der Waals surface area contributed by atoms with Crippen molar-refractivity contribution >= 4 is 27.7 Å². The maximum atomic E-state index is 11.1. The Morgan fingerprint density at radius 1 is 1.64 bits per heavy atom. The number of hydrogen-bond donors (Lipinski definition) is 2. The molecule has 3 N–H and O–H groups in total. The number of carbonyl (C=O) groups excluding carboxylic acids is 2. The minimum atomic E-state index is -0.746. The highest BCUT2D eigenvalue weighted by atomic mass is 79.9. The zero-order chi connectivity index (χ0) is 11.1. The molecular weight excluding hydrogens is 252 g/mol. The molecule has 0 spiro atoms. The summed E-state index contributed by atoms with van der Waals surface area (Å²) >= 11 is 3.09. The van der Waals surface area contributed by atoms with E-state index in [9.17, 15) is 9.59 Å². The van der Waals surface area contributed by atoms with Crippen molar-refractivity contribution in [2.45, 2.75) is 12.5 Å². The molecule has 1 atom stereocenters. The number of nitrogens with one attached hydrogen (secondary N) is 1. The van der Waals surface area contributed by atoms with Gasteiger partial charge >= 0.3 is 0 Å². The van der Waals surface area contributed by atoms with Crippen LogP contribution in [-0.2, 0) is 14.3 Å². The van der Waals surface area contributed by atoms with Crippen molar-refractivity contribution in [3.63, 3.8) is 0 Å². The number of carbonyl (C=O) groups is 2. The van der Waals surface area contributed by atoms with Gasteiger partial charge in [-0.2, -0.15) is 0 Å². The van der Waals surface area contributed by atoms with E-state index in [4.69, 9.17) is 5.73 Å². The van der Waals surface area contributed by atoms with E-state index < -0.39 is 11.9 Å². The van der Waals surface area contributed by atoms with Gasteiger partial charge in [-0.1, -0.05) is 22.5 Å². The Morgan fingerprint density at radius 2 is 2.21 bits per heavy atom. The van der Waals surface area contributed by atoms with Crippen molar-refractivity contribution in [3.05, 3.63) is 11.1 Å². The zero-order valence-electron chi connectivity index (χ0n) is 7.88. The summed E-state index contributed by atoms with van der Waals surface area (Å²) in [5, 5.41) is 2.42. The Bertz CT molecular complexity index is 243. The standard InChI is InChI=1S/C8H13BrN2O3/c1-5(9)3-6(8(10)13)11-7(12)4-14-2/h6H,1,3-4H2,2H3,(H2,10,13)(H,11,12)/t6-/m1/s1. The van der Waals surface area contributed by atoms with E-state index in [0.717, 1.165) is 0 Å². The number of ether oxygens (including phenoxy) is 1. The highest BCUT2D eigenvalue weighted by molar-refractivity contribution is 9.11. The fourth-order valence-electron chi connectivity index (χ4n) is 0.811. The molecule has 0 aliphatic heterocycles. The number of halogens is 1. The molecule has 0 fully saturated rings. The summed E-state index contributed by atoms with van der Waals surface area (Å²) < 4.78 is 5.19. The fourth-order valence-corrected chi connectivity index (χ4v) is 1.14. The molecule has 6 heteroatoms. The molecule has 0 radical (unpaired) electrons. The third-order valence-corrected chi connectivity index (χ3v) is 1.70. The van der Waals surface area contributed by atoms with Gasteiger partial charge in [-0.15, -0.1) is 0 Å². The van der Waals surface area contributed by atoms with Crippen LogP contribution in [0.15, 0.2) is 11.1 Å². The van der Waals surface area contributed by atoms with E-state index in [1.165, 1.54) is 7.11 Å². The molecule has 2 amide bonds. The Labute approximate surface area is 90.8 Å². The first-order valence-corrected chi connectivity index (χ1v) is 4.67. The van der Waals surface area contributed by atoms with Crippen LogP contribution < -0.4 is 11.1 Å². The van der Waals surface area contributed by atoms with E-state index in [1.807, 2.05) is 0 Å². The Kier molecular flexibility index (Phi) is 6.14. The summed E-state index contributed by atoms with van der Waals surface area (Å²) in [4.78, 5) is 21.9. The van der Waals surface area contributed by atoms with Crippen LogP contribution in [0.25, 0.3) is 0 Å². The molecule has 0 heterocycles. The lowest BCUT2D eigenvalue weighted by Gasteiger charge is -2.14. The van der Waals surface area contributed by atoms with Crippen molar-refractivity contribution in [2.75, 3.05) is 13.7 Å². The Morgan fingerprint density at radius 3 is 2.57 bits per heavy atom. The van der Waals surface area contributed by atoms with Gasteiger partial charge in [0.2, 0.25) is 11.8 Å². The SMILES string of the molecule is C=C(Br)C[C@@H](NC(=O)COC)C(N)=O. The molecule has 0 aromatic rings. The van der Waals surface area contributed by atoms with Gasteiger partial charge in [-0.3, -0.25) is 9.59 Å². The van der Waals surface area contributed by atoms with Crippen LogP contribution in [-0.4, -0.2) is 31.6 Å². The maximum Gasteiger partial charge on any atom is 0.246 e. The van der Waals surface area contributed by atoms with Crippen molar-refractivity contribution in [1.82, 2.24) is 5.32 Å². The van der Waals surface area contributed by atoms with Gasteiger partial charge in [0.15, 0.2) is 0 Å². The third kappa shape index (κ3) is 5.71. The minimum absolute atomic E-state index is 0.0987. The molecule has 14 heavy (non-hydrogen) atoms. The minimum Gasteiger partial charge on any atom is -0.375 e. The molecule has 80 valence electrons. The number of rotatable bonds is 6. The monoisotopic (exact) mass is 264 g/mol. The second-order valence-electron chi connectivity index (χ2n) is 2.68. The summed E-state index contributed by atoms with van der Waals surface area (Å²) in [6.07, 6.45) is 0.269. The topological polar surface area (TPSA) is 81.4 Å². The lowest BCUT2D eigenvalue weighted by molar-refractivity contribution is -0.129. The number of hydrogen-bond acceptors (Lipinski definition) is 3. The average molecular weight is 265 g/mol. The Balaban J connectivity index is 4.16. The van der Waals surface area contributed by atoms with Crippen LogP contribution >= 0.6 is 15.9 Å². The van der Waals surface area contributed by atoms with Crippen molar-refractivity contribution in [1.29, 1.82) is 0 Å². The van der Waals surface area contributed by atoms with Crippen molar-refractivity contribution in [2.24, 2.45) is 5.73 Å². The number of primary amides is 1. The molecule has 0 saturated carbocycles.